The van der Waals surface area contributed by atoms with Crippen molar-refractivity contribution in [1.29, 1.82) is 0 Å². The second kappa shape index (κ2) is 6.54. The van der Waals surface area contributed by atoms with Gasteiger partial charge in [-0.2, -0.15) is 0 Å². The lowest BCUT2D eigenvalue weighted by Crippen LogP contribution is -2.39. The minimum atomic E-state index is -0.514. The number of ether oxygens (including phenoxy) is 1. The lowest BCUT2D eigenvalue weighted by Gasteiger charge is -2.25. The maximum absolute atomic E-state index is 11.8. The van der Waals surface area contributed by atoms with Crippen LogP contribution in [0.4, 0.5) is 0 Å². The third-order valence-electron chi connectivity index (χ3n) is 5.12. The van der Waals surface area contributed by atoms with Crippen LogP contribution in [0.2, 0.25) is 0 Å². The van der Waals surface area contributed by atoms with Gasteiger partial charge in [0.1, 0.15) is 17.1 Å². The predicted molar refractivity (Wildman–Crippen MR) is 104 cm³/mol. The van der Waals surface area contributed by atoms with E-state index in [9.17, 15) is 4.79 Å². The molecule has 6 nitrogen and oxygen atoms in total. The smallest absolute Gasteiger partial charge is 0.220 e. The van der Waals surface area contributed by atoms with Gasteiger partial charge in [0.25, 0.3) is 0 Å². The zero-order chi connectivity index (χ0) is 19.0. The molecule has 1 atom stereocenters. The van der Waals surface area contributed by atoms with Crippen molar-refractivity contribution in [2.24, 2.45) is 0 Å². The van der Waals surface area contributed by atoms with Gasteiger partial charge in [0.05, 0.1) is 24.5 Å². The number of amides is 1. The molecule has 1 amide bonds. The van der Waals surface area contributed by atoms with Gasteiger partial charge in [0.15, 0.2) is 0 Å². The Labute approximate surface area is 157 Å². The van der Waals surface area contributed by atoms with E-state index in [0.717, 1.165) is 39.4 Å². The Balaban J connectivity index is 1.80. The minimum absolute atomic E-state index is 0.0412. The van der Waals surface area contributed by atoms with E-state index in [2.05, 4.69) is 26.8 Å². The summed E-state index contributed by atoms with van der Waals surface area (Å²) in [4.78, 5) is 24.4. The van der Waals surface area contributed by atoms with Gasteiger partial charge >= 0.3 is 0 Å². The number of nitrogens with one attached hydrogen (secondary N) is 2. The van der Waals surface area contributed by atoms with Crippen molar-refractivity contribution in [3.05, 3.63) is 54.6 Å². The molecule has 0 saturated carbocycles. The summed E-state index contributed by atoms with van der Waals surface area (Å²) in [6, 6.07) is 8.03. The van der Waals surface area contributed by atoms with Gasteiger partial charge in [-0.1, -0.05) is 12.1 Å². The van der Waals surface area contributed by atoms with E-state index in [-0.39, 0.29) is 5.91 Å². The number of imidazole rings is 1. The highest BCUT2D eigenvalue weighted by molar-refractivity contribution is 5.87. The summed E-state index contributed by atoms with van der Waals surface area (Å²) in [5.41, 5.74) is 3.09. The summed E-state index contributed by atoms with van der Waals surface area (Å²) in [6.45, 7) is 5.80. The van der Waals surface area contributed by atoms with Crippen molar-refractivity contribution in [3.63, 3.8) is 0 Å². The Morgan fingerprint density at radius 1 is 1.37 bits per heavy atom. The Morgan fingerprint density at radius 2 is 2.22 bits per heavy atom. The average Bonchev–Trinajstić information content (AvgIpc) is 3.29. The van der Waals surface area contributed by atoms with E-state index >= 15 is 0 Å². The molecule has 138 valence electrons. The quantitative estimate of drug-likeness (QED) is 0.679. The van der Waals surface area contributed by atoms with Crippen LogP contribution < -0.4 is 10.1 Å². The van der Waals surface area contributed by atoms with Gasteiger partial charge in [0, 0.05) is 29.1 Å². The largest absolute Gasteiger partial charge is 0.496 e. The number of hydrogen-bond donors (Lipinski definition) is 2. The molecule has 6 heteroatoms. The van der Waals surface area contributed by atoms with E-state index < -0.39 is 5.54 Å². The van der Waals surface area contributed by atoms with Crippen molar-refractivity contribution in [2.45, 2.75) is 31.7 Å². The van der Waals surface area contributed by atoms with Crippen molar-refractivity contribution >= 4 is 16.8 Å². The standard InChI is InChI=1S/C21H22N4O2/c1-4-8-21(9-7-19(26)25-21)20-22-12-17(24-20)15-10-14-6-5-13(2)23-16(14)11-18(15)27-3/h4-6,10-12H,1,7-9H2,2-3H3,(H,22,24)(H,25,26)/t21-/m1/s1. The number of methoxy groups -OCH3 is 1. The Kier molecular flexibility index (Phi) is 4.18. The molecule has 3 aromatic rings. The first kappa shape index (κ1) is 17.3. The first-order valence-electron chi connectivity index (χ1n) is 8.98. The first-order valence-corrected chi connectivity index (χ1v) is 8.98. The van der Waals surface area contributed by atoms with Crippen molar-refractivity contribution in [3.8, 4) is 17.0 Å². The summed E-state index contributed by atoms with van der Waals surface area (Å²) in [7, 11) is 1.65. The van der Waals surface area contributed by atoms with Crippen LogP contribution in [0.25, 0.3) is 22.2 Å². The monoisotopic (exact) mass is 362 g/mol. The van der Waals surface area contributed by atoms with Gasteiger partial charge in [0.2, 0.25) is 5.91 Å². The summed E-state index contributed by atoms with van der Waals surface area (Å²) in [5.74, 6) is 1.51. The molecule has 0 spiro atoms. The molecule has 0 aliphatic carbocycles. The van der Waals surface area contributed by atoms with E-state index in [1.54, 1.807) is 13.3 Å². The minimum Gasteiger partial charge on any atom is -0.496 e. The zero-order valence-corrected chi connectivity index (χ0v) is 15.5. The van der Waals surface area contributed by atoms with E-state index in [0.29, 0.717) is 19.3 Å². The van der Waals surface area contributed by atoms with Gasteiger partial charge in [-0.15, -0.1) is 6.58 Å². The molecule has 1 aromatic carbocycles. The molecular formula is C21H22N4O2. The van der Waals surface area contributed by atoms with Crippen molar-refractivity contribution in [1.82, 2.24) is 20.3 Å². The number of aromatic amines is 1. The maximum atomic E-state index is 11.8. The van der Waals surface area contributed by atoms with E-state index in [4.69, 9.17) is 4.74 Å². The molecule has 4 rings (SSSR count). The summed E-state index contributed by atoms with van der Waals surface area (Å²) in [5, 5.41) is 4.10. The number of aromatic nitrogens is 3. The third kappa shape index (κ3) is 2.97. The number of fused-ring (bicyclic) bond motifs is 1. The van der Waals surface area contributed by atoms with Crippen LogP contribution in [0.3, 0.4) is 0 Å². The van der Waals surface area contributed by atoms with Gasteiger partial charge in [-0.05, 0) is 31.9 Å². The third-order valence-corrected chi connectivity index (χ3v) is 5.12. The molecule has 0 radical (unpaired) electrons. The number of hydrogen-bond acceptors (Lipinski definition) is 4. The van der Waals surface area contributed by atoms with Crippen molar-refractivity contribution in [2.75, 3.05) is 7.11 Å². The van der Waals surface area contributed by atoms with Gasteiger partial charge in [-0.25, -0.2) is 4.98 Å². The highest BCUT2D eigenvalue weighted by Gasteiger charge is 2.40. The van der Waals surface area contributed by atoms with Gasteiger partial charge < -0.3 is 15.0 Å². The Hall–Kier alpha value is -3.15. The van der Waals surface area contributed by atoms with Crippen LogP contribution in [-0.2, 0) is 10.3 Å². The van der Waals surface area contributed by atoms with Crippen LogP contribution in [0, 0.1) is 6.92 Å². The number of aryl methyl sites for hydroxylation is 1. The molecule has 1 saturated heterocycles. The van der Waals surface area contributed by atoms with Crippen LogP contribution in [0.1, 0.15) is 30.8 Å². The molecule has 27 heavy (non-hydrogen) atoms. The molecule has 0 bridgehead atoms. The predicted octanol–water partition coefficient (Wildman–Crippen LogP) is 3.62. The first-order chi connectivity index (χ1) is 13.0. The normalized spacial score (nSPS) is 19.3. The number of nitrogens with zero attached hydrogens (tertiary/aromatic N) is 2. The Morgan fingerprint density at radius 3 is 2.93 bits per heavy atom. The molecular weight excluding hydrogens is 340 g/mol. The molecule has 1 fully saturated rings. The Bertz CT molecular complexity index is 1040. The second-order valence-corrected chi connectivity index (χ2v) is 6.97. The highest BCUT2D eigenvalue weighted by Crippen LogP contribution is 2.37. The average molecular weight is 362 g/mol. The number of carbonyl (C=O) groups excluding carboxylic acids is 1. The van der Waals surface area contributed by atoms with Gasteiger partial charge in [-0.3, -0.25) is 9.78 Å². The maximum Gasteiger partial charge on any atom is 0.220 e. The fraction of sp³-hybridized carbons (Fsp3) is 0.286. The number of benzene rings is 1. The molecule has 0 unspecified atom stereocenters. The second-order valence-electron chi connectivity index (χ2n) is 6.97. The molecule has 3 heterocycles. The summed E-state index contributed by atoms with van der Waals surface area (Å²) >= 11 is 0. The topological polar surface area (TPSA) is 79.9 Å². The lowest BCUT2D eigenvalue weighted by atomic mass is 9.92. The summed E-state index contributed by atoms with van der Waals surface area (Å²) in [6.07, 6.45) is 5.43. The SMILES string of the molecule is C=CC[C@]1(c2ncc(-c3cc4ccc(C)nc4cc3OC)[nH]2)CCC(=O)N1. The number of carbonyl (C=O) groups is 1. The number of pyridine rings is 1. The molecule has 2 aromatic heterocycles. The number of rotatable bonds is 5. The molecule has 1 aliphatic heterocycles. The van der Waals surface area contributed by atoms with E-state index in [1.165, 1.54) is 0 Å². The van der Waals surface area contributed by atoms with E-state index in [1.807, 2.05) is 37.3 Å². The fourth-order valence-electron chi connectivity index (χ4n) is 3.73. The van der Waals surface area contributed by atoms with Crippen LogP contribution in [0.15, 0.2) is 43.1 Å². The fourth-order valence-corrected chi connectivity index (χ4v) is 3.73. The molecule has 1 aliphatic rings. The number of H-pyrrole nitrogens is 1. The van der Waals surface area contributed by atoms with Crippen LogP contribution in [0.5, 0.6) is 5.75 Å². The van der Waals surface area contributed by atoms with Crippen LogP contribution in [-0.4, -0.2) is 28.0 Å². The highest BCUT2D eigenvalue weighted by atomic mass is 16.5. The summed E-state index contributed by atoms with van der Waals surface area (Å²) < 4.78 is 5.60. The molecule has 2 N–H and O–H groups in total. The lowest BCUT2D eigenvalue weighted by molar-refractivity contribution is -0.119. The zero-order valence-electron chi connectivity index (χ0n) is 15.5. The van der Waals surface area contributed by atoms with Crippen LogP contribution >= 0.6 is 0 Å². The van der Waals surface area contributed by atoms with Crippen molar-refractivity contribution < 1.29 is 9.53 Å².